The minimum atomic E-state index is -0.360. The second-order valence-electron chi connectivity index (χ2n) is 5.63. The SMILES string of the molecule is CCNC(=O)c1ccc(NC(=O)NCc2cccc(NC(C)=O)c2)cc1. The lowest BCUT2D eigenvalue weighted by molar-refractivity contribution is -0.114. The van der Waals surface area contributed by atoms with Gasteiger partial charge in [-0.3, -0.25) is 9.59 Å². The summed E-state index contributed by atoms with van der Waals surface area (Å²) in [6.45, 7) is 4.17. The predicted molar refractivity (Wildman–Crippen MR) is 101 cm³/mol. The Hall–Kier alpha value is -3.35. The third-order valence-electron chi connectivity index (χ3n) is 3.44. The molecule has 7 heteroatoms. The van der Waals surface area contributed by atoms with Gasteiger partial charge in [0.05, 0.1) is 0 Å². The molecule has 7 nitrogen and oxygen atoms in total. The van der Waals surface area contributed by atoms with E-state index in [4.69, 9.17) is 0 Å². The van der Waals surface area contributed by atoms with Crippen molar-refractivity contribution in [3.05, 3.63) is 59.7 Å². The molecule has 0 fully saturated rings. The van der Waals surface area contributed by atoms with Crippen LogP contribution in [-0.2, 0) is 11.3 Å². The van der Waals surface area contributed by atoms with Crippen LogP contribution in [0.2, 0.25) is 0 Å². The van der Waals surface area contributed by atoms with Crippen LogP contribution in [0.1, 0.15) is 29.8 Å². The number of rotatable bonds is 6. The van der Waals surface area contributed by atoms with Crippen LogP contribution in [-0.4, -0.2) is 24.4 Å². The van der Waals surface area contributed by atoms with E-state index in [1.807, 2.05) is 13.0 Å². The molecule has 0 saturated carbocycles. The summed E-state index contributed by atoms with van der Waals surface area (Å²) in [5, 5.41) is 10.9. The number of anilines is 2. The molecule has 4 N–H and O–H groups in total. The Kier molecular flexibility index (Phi) is 6.73. The molecule has 2 aromatic carbocycles. The smallest absolute Gasteiger partial charge is 0.319 e. The molecule has 2 rings (SSSR count). The zero-order valence-electron chi connectivity index (χ0n) is 14.8. The van der Waals surface area contributed by atoms with Crippen molar-refractivity contribution in [2.24, 2.45) is 0 Å². The van der Waals surface area contributed by atoms with Gasteiger partial charge >= 0.3 is 6.03 Å². The molecule has 4 amide bonds. The highest BCUT2D eigenvalue weighted by atomic mass is 16.2. The summed E-state index contributed by atoms with van der Waals surface area (Å²) >= 11 is 0. The van der Waals surface area contributed by atoms with E-state index in [1.54, 1.807) is 42.5 Å². The second kappa shape index (κ2) is 9.22. The van der Waals surface area contributed by atoms with Crippen LogP contribution in [0.3, 0.4) is 0 Å². The Balaban J connectivity index is 1.87. The summed E-state index contributed by atoms with van der Waals surface area (Å²) in [6, 6.07) is 13.5. The second-order valence-corrected chi connectivity index (χ2v) is 5.63. The van der Waals surface area contributed by atoms with Crippen molar-refractivity contribution in [2.75, 3.05) is 17.2 Å². The summed E-state index contributed by atoms with van der Waals surface area (Å²) < 4.78 is 0. The average molecular weight is 354 g/mol. The van der Waals surface area contributed by atoms with Crippen molar-refractivity contribution in [2.45, 2.75) is 20.4 Å². The number of carbonyl (C=O) groups is 3. The standard InChI is InChI=1S/C19H22N4O3/c1-3-20-18(25)15-7-9-16(10-8-15)23-19(26)21-12-14-5-4-6-17(11-14)22-13(2)24/h4-11H,3,12H2,1-2H3,(H,20,25)(H,22,24)(H2,21,23,26). The Morgan fingerprint density at radius 2 is 1.62 bits per heavy atom. The quantitative estimate of drug-likeness (QED) is 0.642. The number of hydrogen-bond acceptors (Lipinski definition) is 3. The summed E-state index contributed by atoms with van der Waals surface area (Å²) in [7, 11) is 0. The van der Waals surface area contributed by atoms with Gasteiger partial charge in [-0.25, -0.2) is 4.79 Å². The van der Waals surface area contributed by atoms with Crippen LogP contribution >= 0.6 is 0 Å². The van der Waals surface area contributed by atoms with Crippen LogP contribution in [0.4, 0.5) is 16.2 Å². The van der Waals surface area contributed by atoms with Crippen molar-refractivity contribution >= 4 is 29.2 Å². The molecule has 0 aliphatic carbocycles. The maximum absolute atomic E-state index is 12.0. The Morgan fingerprint density at radius 1 is 0.885 bits per heavy atom. The monoisotopic (exact) mass is 354 g/mol. The number of amides is 4. The van der Waals surface area contributed by atoms with Crippen LogP contribution in [0, 0.1) is 0 Å². The fraction of sp³-hybridized carbons (Fsp3) is 0.211. The van der Waals surface area contributed by atoms with Crippen LogP contribution in [0.5, 0.6) is 0 Å². The predicted octanol–water partition coefficient (Wildman–Crippen LogP) is 2.72. The fourth-order valence-electron chi connectivity index (χ4n) is 2.29. The van der Waals surface area contributed by atoms with Crippen LogP contribution in [0.25, 0.3) is 0 Å². The van der Waals surface area contributed by atoms with Crippen molar-refractivity contribution in [1.29, 1.82) is 0 Å². The number of urea groups is 1. The number of benzene rings is 2. The molecule has 136 valence electrons. The summed E-state index contributed by atoms with van der Waals surface area (Å²) in [4.78, 5) is 34.8. The third-order valence-corrected chi connectivity index (χ3v) is 3.44. The number of nitrogens with one attached hydrogen (secondary N) is 4. The minimum Gasteiger partial charge on any atom is -0.352 e. The summed E-state index contributed by atoms with van der Waals surface area (Å²) in [6.07, 6.45) is 0. The van der Waals surface area contributed by atoms with E-state index in [-0.39, 0.29) is 17.8 Å². The van der Waals surface area contributed by atoms with Gasteiger partial charge in [0.2, 0.25) is 5.91 Å². The molecule has 2 aromatic rings. The van der Waals surface area contributed by atoms with E-state index >= 15 is 0 Å². The van der Waals surface area contributed by atoms with E-state index < -0.39 is 0 Å². The molecule has 0 aliphatic rings. The third kappa shape index (κ3) is 5.94. The average Bonchev–Trinajstić information content (AvgIpc) is 2.60. The van der Waals surface area contributed by atoms with E-state index in [9.17, 15) is 14.4 Å². The fourth-order valence-corrected chi connectivity index (χ4v) is 2.29. The van der Waals surface area contributed by atoms with Gasteiger partial charge in [-0.15, -0.1) is 0 Å². The molecule has 0 bridgehead atoms. The molecular formula is C19H22N4O3. The highest BCUT2D eigenvalue weighted by molar-refractivity contribution is 5.95. The van der Waals surface area contributed by atoms with E-state index in [0.29, 0.717) is 30.0 Å². The Morgan fingerprint density at radius 3 is 2.27 bits per heavy atom. The lowest BCUT2D eigenvalue weighted by Gasteiger charge is -2.10. The van der Waals surface area contributed by atoms with Crippen molar-refractivity contribution < 1.29 is 14.4 Å². The first-order valence-electron chi connectivity index (χ1n) is 8.27. The van der Waals surface area contributed by atoms with Gasteiger partial charge in [0, 0.05) is 37.0 Å². The van der Waals surface area contributed by atoms with Crippen molar-refractivity contribution in [3.8, 4) is 0 Å². The van der Waals surface area contributed by atoms with Gasteiger partial charge in [-0.1, -0.05) is 12.1 Å². The molecule has 0 radical (unpaired) electrons. The first kappa shape index (κ1) is 19.0. The maximum atomic E-state index is 12.0. The molecular weight excluding hydrogens is 332 g/mol. The zero-order valence-corrected chi connectivity index (χ0v) is 14.8. The normalized spacial score (nSPS) is 9.92. The maximum Gasteiger partial charge on any atom is 0.319 e. The van der Waals surface area contributed by atoms with Crippen LogP contribution < -0.4 is 21.3 Å². The van der Waals surface area contributed by atoms with E-state index in [1.165, 1.54) is 6.92 Å². The van der Waals surface area contributed by atoms with Crippen molar-refractivity contribution in [1.82, 2.24) is 10.6 Å². The number of carbonyl (C=O) groups excluding carboxylic acids is 3. The highest BCUT2D eigenvalue weighted by Gasteiger charge is 2.06. The van der Waals surface area contributed by atoms with Crippen molar-refractivity contribution in [3.63, 3.8) is 0 Å². The van der Waals surface area contributed by atoms with Gasteiger partial charge in [-0.05, 0) is 48.9 Å². The minimum absolute atomic E-state index is 0.149. The van der Waals surface area contributed by atoms with Gasteiger partial charge in [0.25, 0.3) is 5.91 Å². The van der Waals surface area contributed by atoms with E-state index in [0.717, 1.165) is 5.56 Å². The Labute approximate surface area is 152 Å². The first-order valence-corrected chi connectivity index (χ1v) is 8.27. The lowest BCUT2D eigenvalue weighted by atomic mass is 10.2. The zero-order chi connectivity index (χ0) is 18.9. The summed E-state index contributed by atoms with van der Waals surface area (Å²) in [5.41, 5.74) is 2.66. The molecule has 26 heavy (non-hydrogen) atoms. The largest absolute Gasteiger partial charge is 0.352 e. The van der Waals surface area contributed by atoms with Gasteiger partial charge in [0.15, 0.2) is 0 Å². The van der Waals surface area contributed by atoms with Crippen LogP contribution in [0.15, 0.2) is 48.5 Å². The van der Waals surface area contributed by atoms with Gasteiger partial charge in [-0.2, -0.15) is 0 Å². The molecule has 0 atom stereocenters. The molecule has 0 spiro atoms. The molecule has 0 unspecified atom stereocenters. The Bertz CT molecular complexity index is 788. The molecule has 0 heterocycles. The number of hydrogen-bond donors (Lipinski definition) is 4. The summed E-state index contributed by atoms with van der Waals surface area (Å²) in [5.74, 6) is -0.300. The van der Waals surface area contributed by atoms with Gasteiger partial charge < -0.3 is 21.3 Å². The topological polar surface area (TPSA) is 99.3 Å². The van der Waals surface area contributed by atoms with E-state index in [2.05, 4.69) is 21.3 Å². The molecule has 0 aliphatic heterocycles. The van der Waals surface area contributed by atoms with Gasteiger partial charge in [0.1, 0.15) is 0 Å². The molecule has 0 saturated heterocycles. The first-order chi connectivity index (χ1) is 12.5. The lowest BCUT2D eigenvalue weighted by Crippen LogP contribution is -2.28. The molecule has 0 aromatic heterocycles. The highest BCUT2D eigenvalue weighted by Crippen LogP contribution is 2.11.